The second-order valence-electron chi connectivity index (χ2n) is 5.80. The van der Waals surface area contributed by atoms with Gasteiger partial charge in [0, 0.05) is 18.3 Å². The number of pyridine rings is 1. The van der Waals surface area contributed by atoms with E-state index in [1.165, 1.54) is 11.0 Å². The van der Waals surface area contributed by atoms with Gasteiger partial charge in [0.05, 0.1) is 24.1 Å². The van der Waals surface area contributed by atoms with E-state index in [9.17, 15) is 4.79 Å². The molecule has 1 amide bonds. The molecule has 0 N–H and O–H groups in total. The van der Waals surface area contributed by atoms with Gasteiger partial charge in [-0.2, -0.15) is 0 Å². The first-order valence-corrected chi connectivity index (χ1v) is 8.30. The van der Waals surface area contributed by atoms with Crippen molar-refractivity contribution in [3.63, 3.8) is 0 Å². The molecule has 8 nitrogen and oxygen atoms in total. The van der Waals surface area contributed by atoms with Crippen molar-refractivity contribution in [1.29, 1.82) is 0 Å². The maximum Gasteiger partial charge on any atom is 0.254 e. The van der Waals surface area contributed by atoms with E-state index in [2.05, 4.69) is 20.5 Å². The molecule has 4 rings (SSSR count). The highest BCUT2D eigenvalue weighted by Gasteiger charge is 2.17. The molecular formula is C18H17N7O. The van der Waals surface area contributed by atoms with Crippen LogP contribution in [0.4, 0.5) is 0 Å². The molecule has 3 heterocycles. The Kier molecular flexibility index (Phi) is 4.14. The molecule has 0 fully saturated rings. The van der Waals surface area contributed by atoms with Gasteiger partial charge in [-0.15, -0.1) is 5.10 Å². The Morgan fingerprint density at radius 3 is 2.92 bits per heavy atom. The number of carbonyl (C=O) groups is 1. The van der Waals surface area contributed by atoms with Gasteiger partial charge in [0.2, 0.25) is 0 Å². The molecule has 3 aromatic heterocycles. The average Bonchev–Trinajstić information content (AvgIpc) is 3.36. The van der Waals surface area contributed by atoms with Gasteiger partial charge in [0.1, 0.15) is 12.0 Å². The van der Waals surface area contributed by atoms with E-state index >= 15 is 0 Å². The number of imidazole rings is 1. The number of fused-ring (bicyclic) bond motifs is 1. The lowest BCUT2D eigenvalue weighted by Gasteiger charge is -2.21. The number of benzene rings is 1. The fourth-order valence-electron chi connectivity index (χ4n) is 2.87. The van der Waals surface area contributed by atoms with Gasteiger partial charge in [-0.25, -0.2) is 9.67 Å². The Morgan fingerprint density at radius 2 is 2.12 bits per heavy atom. The van der Waals surface area contributed by atoms with E-state index in [0.29, 0.717) is 18.7 Å². The van der Waals surface area contributed by atoms with Gasteiger partial charge in [0.25, 0.3) is 5.91 Å². The third kappa shape index (κ3) is 2.92. The van der Waals surface area contributed by atoms with E-state index in [1.807, 2.05) is 54.0 Å². The van der Waals surface area contributed by atoms with E-state index in [1.54, 1.807) is 17.0 Å². The van der Waals surface area contributed by atoms with Crippen LogP contribution in [-0.4, -0.2) is 46.9 Å². The molecule has 0 radical (unpaired) electrons. The molecule has 0 aliphatic carbocycles. The van der Waals surface area contributed by atoms with Crippen molar-refractivity contribution in [2.75, 3.05) is 6.54 Å². The van der Waals surface area contributed by atoms with Crippen molar-refractivity contribution >= 4 is 11.6 Å². The molecule has 0 spiro atoms. The van der Waals surface area contributed by atoms with Gasteiger partial charge in [-0.05, 0) is 47.7 Å². The van der Waals surface area contributed by atoms with E-state index < -0.39 is 0 Å². The number of hydrogen-bond acceptors (Lipinski definition) is 5. The maximum absolute atomic E-state index is 13.0. The van der Waals surface area contributed by atoms with Gasteiger partial charge in [-0.3, -0.25) is 4.79 Å². The summed E-state index contributed by atoms with van der Waals surface area (Å²) in [4.78, 5) is 19.2. The van der Waals surface area contributed by atoms with Crippen LogP contribution in [0, 0.1) is 0 Å². The summed E-state index contributed by atoms with van der Waals surface area (Å²) in [6.45, 7) is 3.04. The number of aromatic nitrogens is 6. The normalized spacial score (nSPS) is 11.0. The molecule has 0 atom stereocenters. The highest BCUT2D eigenvalue weighted by Crippen LogP contribution is 2.14. The highest BCUT2D eigenvalue weighted by atomic mass is 16.2. The summed E-state index contributed by atoms with van der Waals surface area (Å²) in [7, 11) is 0. The third-order valence-corrected chi connectivity index (χ3v) is 4.22. The minimum Gasteiger partial charge on any atom is -0.333 e. The Labute approximate surface area is 149 Å². The number of carbonyl (C=O) groups excluding carboxylic acids is 1. The van der Waals surface area contributed by atoms with Crippen LogP contribution < -0.4 is 0 Å². The predicted molar refractivity (Wildman–Crippen MR) is 94.8 cm³/mol. The monoisotopic (exact) mass is 347 g/mol. The van der Waals surface area contributed by atoms with Crippen LogP contribution in [0.25, 0.3) is 11.3 Å². The lowest BCUT2D eigenvalue weighted by molar-refractivity contribution is 0.0750. The molecule has 0 unspecified atom stereocenters. The largest absolute Gasteiger partial charge is 0.333 e. The minimum atomic E-state index is -0.0479. The number of hydrogen-bond donors (Lipinski definition) is 0. The van der Waals surface area contributed by atoms with Crippen LogP contribution in [-0.2, 0) is 6.54 Å². The summed E-state index contributed by atoms with van der Waals surface area (Å²) in [5.41, 5.74) is 3.17. The zero-order valence-corrected chi connectivity index (χ0v) is 14.2. The molecule has 8 heteroatoms. The standard InChI is InChI=1S/C18H17N7O/c1-2-23(12-16-11-19-17-8-3-4-9-24(16)17)18(26)14-6-5-7-15(10-14)25-13-20-21-22-25/h3-11,13H,2,12H2,1H3. The minimum absolute atomic E-state index is 0.0479. The van der Waals surface area contributed by atoms with Crippen molar-refractivity contribution in [2.45, 2.75) is 13.5 Å². The zero-order valence-electron chi connectivity index (χ0n) is 14.2. The van der Waals surface area contributed by atoms with Crippen molar-refractivity contribution in [2.24, 2.45) is 0 Å². The van der Waals surface area contributed by atoms with Crippen LogP contribution in [0.5, 0.6) is 0 Å². The van der Waals surface area contributed by atoms with Crippen LogP contribution in [0.3, 0.4) is 0 Å². The molecule has 26 heavy (non-hydrogen) atoms. The van der Waals surface area contributed by atoms with E-state index in [0.717, 1.165) is 17.0 Å². The SMILES string of the molecule is CCN(Cc1cnc2ccccn12)C(=O)c1cccc(-n2cnnn2)c1. The highest BCUT2D eigenvalue weighted by molar-refractivity contribution is 5.94. The molecule has 0 bridgehead atoms. The van der Waals surface area contributed by atoms with E-state index in [4.69, 9.17) is 0 Å². The number of nitrogens with zero attached hydrogens (tertiary/aromatic N) is 7. The van der Waals surface area contributed by atoms with Crippen LogP contribution in [0.15, 0.2) is 61.2 Å². The Bertz CT molecular complexity index is 1040. The molecule has 0 saturated heterocycles. The predicted octanol–water partition coefficient (Wildman–Crippen LogP) is 1.97. The van der Waals surface area contributed by atoms with Crippen molar-refractivity contribution in [3.05, 3.63) is 72.4 Å². The fraction of sp³-hybridized carbons (Fsp3) is 0.167. The first kappa shape index (κ1) is 15.9. The Balaban J connectivity index is 1.61. The lowest BCUT2D eigenvalue weighted by atomic mass is 10.1. The second kappa shape index (κ2) is 6.75. The third-order valence-electron chi connectivity index (χ3n) is 4.22. The Hall–Kier alpha value is -3.55. The summed E-state index contributed by atoms with van der Waals surface area (Å²) >= 11 is 0. The van der Waals surface area contributed by atoms with Gasteiger partial charge in [0.15, 0.2) is 0 Å². The van der Waals surface area contributed by atoms with E-state index in [-0.39, 0.29) is 5.91 Å². The molecular weight excluding hydrogens is 330 g/mol. The van der Waals surface area contributed by atoms with Crippen molar-refractivity contribution in [1.82, 2.24) is 34.5 Å². The molecule has 0 aliphatic rings. The molecule has 130 valence electrons. The van der Waals surface area contributed by atoms with Crippen molar-refractivity contribution in [3.8, 4) is 5.69 Å². The summed E-state index contributed by atoms with van der Waals surface area (Å²) in [6.07, 6.45) is 5.26. The summed E-state index contributed by atoms with van der Waals surface area (Å²) in [6, 6.07) is 13.1. The first-order chi connectivity index (χ1) is 12.8. The van der Waals surface area contributed by atoms with Crippen molar-refractivity contribution < 1.29 is 4.79 Å². The molecule has 4 aromatic rings. The van der Waals surface area contributed by atoms with Crippen LogP contribution in [0.2, 0.25) is 0 Å². The quantitative estimate of drug-likeness (QED) is 0.551. The van der Waals surface area contributed by atoms with Gasteiger partial charge >= 0.3 is 0 Å². The molecule has 1 aromatic carbocycles. The fourth-order valence-corrected chi connectivity index (χ4v) is 2.87. The number of tetrazole rings is 1. The molecule has 0 aliphatic heterocycles. The summed E-state index contributed by atoms with van der Waals surface area (Å²) in [5, 5.41) is 11.1. The van der Waals surface area contributed by atoms with Crippen LogP contribution >= 0.6 is 0 Å². The lowest BCUT2D eigenvalue weighted by Crippen LogP contribution is -2.30. The zero-order chi connectivity index (χ0) is 17.9. The number of amides is 1. The van der Waals surface area contributed by atoms with Gasteiger partial charge < -0.3 is 9.30 Å². The smallest absolute Gasteiger partial charge is 0.254 e. The average molecular weight is 347 g/mol. The topological polar surface area (TPSA) is 81.2 Å². The molecule has 0 saturated carbocycles. The van der Waals surface area contributed by atoms with Crippen LogP contribution in [0.1, 0.15) is 23.0 Å². The van der Waals surface area contributed by atoms with Gasteiger partial charge in [-0.1, -0.05) is 12.1 Å². The first-order valence-electron chi connectivity index (χ1n) is 8.30. The number of rotatable bonds is 5. The summed E-state index contributed by atoms with van der Waals surface area (Å²) < 4.78 is 3.52. The maximum atomic E-state index is 13.0. The summed E-state index contributed by atoms with van der Waals surface area (Å²) in [5.74, 6) is -0.0479. The Morgan fingerprint density at radius 1 is 1.19 bits per heavy atom. The second-order valence-corrected chi connectivity index (χ2v) is 5.80.